The predicted molar refractivity (Wildman–Crippen MR) is 88.6 cm³/mol. The Bertz CT molecular complexity index is 616. The minimum Gasteiger partial charge on any atom is -0.348 e. The Hall–Kier alpha value is -1.22. The fourth-order valence-corrected chi connectivity index (χ4v) is 2.66. The summed E-state index contributed by atoms with van der Waals surface area (Å²) in [7, 11) is 0. The maximum Gasteiger partial charge on any atom is 0.253 e. The van der Waals surface area contributed by atoms with Crippen LogP contribution >= 0.6 is 34.8 Å². The predicted octanol–water partition coefficient (Wildman–Crippen LogP) is 4.57. The van der Waals surface area contributed by atoms with Crippen LogP contribution < -0.4 is 5.32 Å². The van der Waals surface area contributed by atoms with E-state index in [1.165, 1.54) is 0 Å². The lowest BCUT2D eigenvalue weighted by atomic mass is 10.1. The molecular formula is C16H14Cl3NO. The van der Waals surface area contributed by atoms with E-state index in [-0.39, 0.29) is 11.9 Å². The van der Waals surface area contributed by atoms with Crippen LogP contribution in [0.5, 0.6) is 0 Å². The molecule has 2 rings (SSSR count). The number of hydrogen-bond acceptors (Lipinski definition) is 1. The van der Waals surface area contributed by atoms with Gasteiger partial charge in [0, 0.05) is 16.9 Å². The van der Waals surface area contributed by atoms with Gasteiger partial charge in [0.2, 0.25) is 0 Å². The van der Waals surface area contributed by atoms with Crippen molar-refractivity contribution in [3.8, 4) is 0 Å². The minimum absolute atomic E-state index is 0.159. The average molecular weight is 343 g/mol. The van der Waals surface area contributed by atoms with Crippen LogP contribution in [0.4, 0.5) is 0 Å². The minimum atomic E-state index is -0.252. The van der Waals surface area contributed by atoms with E-state index in [2.05, 4.69) is 5.32 Å². The number of nitrogens with one attached hydrogen (secondary N) is 1. The van der Waals surface area contributed by atoms with Crippen molar-refractivity contribution >= 4 is 40.7 Å². The number of benzene rings is 2. The summed E-state index contributed by atoms with van der Waals surface area (Å²) in [5.74, 6) is 0.0736. The smallest absolute Gasteiger partial charge is 0.253 e. The Kier molecular flexibility index (Phi) is 5.92. The lowest BCUT2D eigenvalue weighted by Gasteiger charge is -2.16. The molecule has 0 aliphatic rings. The Labute approximate surface area is 139 Å². The fraction of sp³-hybridized carbons (Fsp3) is 0.188. The van der Waals surface area contributed by atoms with Gasteiger partial charge in [-0.15, -0.1) is 11.6 Å². The number of rotatable bonds is 5. The van der Waals surface area contributed by atoms with Crippen molar-refractivity contribution in [3.63, 3.8) is 0 Å². The van der Waals surface area contributed by atoms with Crippen LogP contribution in [0.3, 0.4) is 0 Å². The van der Waals surface area contributed by atoms with Crippen molar-refractivity contribution in [1.29, 1.82) is 0 Å². The third kappa shape index (κ3) is 4.63. The van der Waals surface area contributed by atoms with Crippen molar-refractivity contribution in [2.45, 2.75) is 12.5 Å². The Morgan fingerprint density at radius 1 is 1.10 bits per heavy atom. The molecule has 1 unspecified atom stereocenters. The second-order valence-corrected chi connectivity index (χ2v) is 5.79. The van der Waals surface area contributed by atoms with Gasteiger partial charge >= 0.3 is 0 Å². The summed E-state index contributed by atoms with van der Waals surface area (Å²) < 4.78 is 0. The molecule has 0 saturated carbocycles. The van der Waals surface area contributed by atoms with Crippen LogP contribution in [0.25, 0.3) is 0 Å². The highest BCUT2D eigenvalue weighted by Crippen LogP contribution is 2.21. The van der Waals surface area contributed by atoms with Crippen LogP contribution in [0.1, 0.15) is 15.9 Å². The summed E-state index contributed by atoms with van der Waals surface area (Å²) >= 11 is 17.8. The molecule has 0 spiro atoms. The van der Waals surface area contributed by atoms with Crippen molar-refractivity contribution in [3.05, 3.63) is 69.7 Å². The zero-order chi connectivity index (χ0) is 15.2. The molecule has 5 heteroatoms. The molecule has 0 aromatic heterocycles. The third-order valence-electron chi connectivity index (χ3n) is 3.02. The van der Waals surface area contributed by atoms with Gasteiger partial charge < -0.3 is 5.32 Å². The van der Waals surface area contributed by atoms with Gasteiger partial charge in [0.15, 0.2) is 0 Å². The van der Waals surface area contributed by atoms with E-state index in [0.717, 1.165) is 5.56 Å². The molecule has 21 heavy (non-hydrogen) atoms. The van der Waals surface area contributed by atoms with Crippen molar-refractivity contribution < 1.29 is 4.79 Å². The van der Waals surface area contributed by atoms with E-state index in [0.29, 0.717) is 27.9 Å². The molecule has 0 heterocycles. The standard InChI is InChI=1S/C16H14Cl3NO/c17-10-13(8-11-4-2-1-3-5-11)20-16(21)14-7-6-12(18)9-15(14)19/h1-7,9,13H,8,10H2,(H,20,21). The SMILES string of the molecule is O=C(NC(CCl)Cc1ccccc1)c1ccc(Cl)cc1Cl. The van der Waals surface area contributed by atoms with Gasteiger partial charge in [-0.3, -0.25) is 4.79 Å². The van der Waals surface area contributed by atoms with Gasteiger partial charge in [-0.05, 0) is 30.2 Å². The lowest BCUT2D eigenvalue weighted by molar-refractivity contribution is 0.0940. The highest BCUT2D eigenvalue weighted by molar-refractivity contribution is 6.36. The van der Waals surface area contributed by atoms with E-state index >= 15 is 0 Å². The second-order valence-electron chi connectivity index (χ2n) is 4.64. The number of amides is 1. The van der Waals surface area contributed by atoms with Gasteiger partial charge in [0.05, 0.1) is 10.6 Å². The van der Waals surface area contributed by atoms with Crippen LogP contribution in [-0.4, -0.2) is 17.8 Å². The van der Waals surface area contributed by atoms with Crippen molar-refractivity contribution in [2.24, 2.45) is 0 Å². The number of hydrogen-bond donors (Lipinski definition) is 1. The molecule has 0 aliphatic heterocycles. The molecule has 0 saturated heterocycles. The Morgan fingerprint density at radius 3 is 2.43 bits per heavy atom. The van der Waals surface area contributed by atoms with Gasteiger partial charge in [-0.25, -0.2) is 0 Å². The molecule has 1 atom stereocenters. The summed E-state index contributed by atoms with van der Waals surface area (Å²) in [6.07, 6.45) is 0.668. The molecule has 2 aromatic carbocycles. The summed E-state index contributed by atoms with van der Waals surface area (Å²) in [5, 5.41) is 3.72. The topological polar surface area (TPSA) is 29.1 Å². The molecular weight excluding hydrogens is 329 g/mol. The van der Waals surface area contributed by atoms with E-state index in [4.69, 9.17) is 34.8 Å². The van der Waals surface area contributed by atoms with Gasteiger partial charge in [0.25, 0.3) is 5.91 Å². The molecule has 2 nitrogen and oxygen atoms in total. The monoisotopic (exact) mass is 341 g/mol. The van der Waals surface area contributed by atoms with E-state index < -0.39 is 0 Å². The molecule has 1 amide bonds. The number of carbonyl (C=O) groups is 1. The van der Waals surface area contributed by atoms with E-state index in [1.54, 1.807) is 18.2 Å². The molecule has 0 fully saturated rings. The van der Waals surface area contributed by atoms with Gasteiger partial charge in [-0.2, -0.15) is 0 Å². The van der Waals surface area contributed by atoms with E-state index in [9.17, 15) is 4.79 Å². The number of halogens is 3. The number of carbonyl (C=O) groups excluding carboxylic acids is 1. The molecule has 0 radical (unpaired) electrons. The number of alkyl halides is 1. The second kappa shape index (κ2) is 7.69. The first kappa shape index (κ1) is 16.2. The highest BCUT2D eigenvalue weighted by atomic mass is 35.5. The zero-order valence-corrected chi connectivity index (χ0v) is 13.4. The summed E-state index contributed by atoms with van der Waals surface area (Å²) in [6, 6.07) is 14.5. The van der Waals surface area contributed by atoms with Gasteiger partial charge in [-0.1, -0.05) is 53.5 Å². The lowest BCUT2D eigenvalue weighted by Crippen LogP contribution is -2.37. The fourth-order valence-electron chi connectivity index (χ4n) is 1.98. The maximum atomic E-state index is 12.2. The highest BCUT2D eigenvalue weighted by Gasteiger charge is 2.16. The third-order valence-corrected chi connectivity index (χ3v) is 3.94. The van der Waals surface area contributed by atoms with Crippen LogP contribution in [0, 0.1) is 0 Å². The summed E-state index contributed by atoms with van der Waals surface area (Å²) in [4.78, 5) is 12.2. The van der Waals surface area contributed by atoms with Crippen molar-refractivity contribution in [1.82, 2.24) is 5.32 Å². The normalized spacial score (nSPS) is 12.0. The van der Waals surface area contributed by atoms with Crippen LogP contribution in [-0.2, 0) is 6.42 Å². The first-order valence-corrected chi connectivity index (χ1v) is 7.75. The Balaban J connectivity index is 2.06. The summed E-state index contributed by atoms with van der Waals surface area (Å²) in [6.45, 7) is 0. The maximum absolute atomic E-state index is 12.2. The Morgan fingerprint density at radius 2 is 1.81 bits per heavy atom. The molecule has 110 valence electrons. The molecule has 0 aliphatic carbocycles. The zero-order valence-electron chi connectivity index (χ0n) is 11.2. The van der Waals surface area contributed by atoms with Crippen LogP contribution in [0.2, 0.25) is 10.0 Å². The molecule has 1 N–H and O–H groups in total. The quantitative estimate of drug-likeness (QED) is 0.792. The molecule has 0 bridgehead atoms. The van der Waals surface area contributed by atoms with Crippen LogP contribution in [0.15, 0.2) is 48.5 Å². The van der Waals surface area contributed by atoms with Crippen molar-refractivity contribution in [2.75, 3.05) is 5.88 Å². The summed E-state index contributed by atoms with van der Waals surface area (Å²) in [5.41, 5.74) is 1.51. The molecule has 2 aromatic rings. The van der Waals surface area contributed by atoms with E-state index in [1.807, 2.05) is 30.3 Å². The average Bonchev–Trinajstić information content (AvgIpc) is 2.47. The first-order valence-electron chi connectivity index (χ1n) is 6.46. The first-order chi connectivity index (χ1) is 10.1. The van der Waals surface area contributed by atoms with Gasteiger partial charge in [0.1, 0.15) is 0 Å². The largest absolute Gasteiger partial charge is 0.348 e.